The van der Waals surface area contributed by atoms with E-state index in [4.69, 9.17) is 0 Å². The van der Waals surface area contributed by atoms with Gasteiger partial charge in [0.05, 0.1) is 11.9 Å². The zero-order valence-electron chi connectivity index (χ0n) is 22.4. The first-order valence-electron chi connectivity index (χ1n) is 13.3. The predicted octanol–water partition coefficient (Wildman–Crippen LogP) is 4.78. The summed E-state index contributed by atoms with van der Waals surface area (Å²) in [6.07, 6.45) is 5.58. The molecular formula is C30H37N3O4S. The van der Waals surface area contributed by atoms with Gasteiger partial charge in [-0.15, -0.1) is 0 Å². The van der Waals surface area contributed by atoms with Crippen LogP contribution in [-0.4, -0.2) is 50.0 Å². The first-order chi connectivity index (χ1) is 18.2. The van der Waals surface area contributed by atoms with Gasteiger partial charge >= 0.3 is 0 Å². The molecule has 1 unspecified atom stereocenters. The highest BCUT2D eigenvalue weighted by atomic mass is 32.2. The fourth-order valence-corrected chi connectivity index (χ4v) is 6.14. The summed E-state index contributed by atoms with van der Waals surface area (Å²) < 4.78 is 27.2. The monoisotopic (exact) mass is 535 g/mol. The minimum Gasteiger partial charge on any atom is -0.352 e. The summed E-state index contributed by atoms with van der Waals surface area (Å²) in [6, 6.07) is 20.1. The number of hydrogen-bond acceptors (Lipinski definition) is 4. The van der Waals surface area contributed by atoms with Crippen LogP contribution in [-0.2, 0) is 26.2 Å². The molecule has 3 aromatic rings. The molecular weight excluding hydrogens is 498 g/mol. The average Bonchev–Trinajstić information content (AvgIpc) is 3.40. The second-order valence-electron chi connectivity index (χ2n) is 10.1. The van der Waals surface area contributed by atoms with Crippen molar-refractivity contribution in [3.05, 3.63) is 77.9 Å². The molecule has 0 spiro atoms. The minimum absolute atomic E-state index is 0.121. The van der Waals surface area contributed by atoms with Gasteiger partial charge in [-0.3, -0.25) is 13.9 Å². The van der Waals surface area contributed by atoms with Crippen LogP contribution in [0.3, 0.4) is 0 Å². The Hall–Kier alpha value is -3.39. The van der Waals surface area contributed by atoms with Crippen molar-refractivity contribution in [3.63, 3.8) is 0 Å². The number of carbonyl (C=O) groups is 2. The molecule has 0 aliphatic heterocycles. The topological polar surface area (TPSA) is 86.8 Å². The van der Waals surface area contributed by atoms with Crippen molar-refractivity contribution in [1.29, 1.82) is 0 Å². The van der Waals surface area contributed by atoms with Gasteiger partial charge < -0.3 is 10.2 Å². The van der Waals surface area contributed by atoms with E-state index in [9.17, 15) is 18.0 Å². The molecule has 8 heteroatoms. The van der Waals surface area contributed by atoms with E-state index >= 15 is 0 Å². The number of amides is 2. The average molecular weight is 536 g/mol. The number of sulfonamides is 1. The summed E-state index contributed by atoms with van der Waals surface area (Å²) in [5, 5.41) is 4.76. The molecule has 1 fully saturated rings. The molecule has 0 radical (unpaired) electrons. The number of nitrogens with one attached hydrogen (secondary N) is 1. The largest absolute Gasteiger partial charge is 0.352 e. The van der Waals surface area contributed by atoms with Gasteiger partial charge in [-0.1, -0.05) is 80.4 Å². The van der Waals surface area contributed by atoms with E-state index in [0.29, 0.717) is 12.1 Å². The highest BCUT2D eigenvalue weighted by molar-refractivity contribution is 7.92. The summed E-state index contributed by atoms with van der Waals surface area (Å²) in [6.45, 7) is 3.67. The van der Waals surface area contributed by atoms with Crippen LogP contribution in [0.5, 0.6) is 0 Å². The second kappa shape index (κ2) is 12.0. The molecule has 1 aliphatic rings. The molecule has 3 aromatic carbocycles. The van der Waals surface area contributed by atoms with Crippen LogP contribution in [0, 0.1) is 6.92 Å². The number of benzene rings is 3. The van der Waals surface area contributed by atoms with Gasteiger partial charge in [0.15, 0.2) is 0 Å². The lowest BCUT2D eigenvalue weighted by Crippen LogP contribution is -2.53. The molecule has 0 saturated heterocycles. The quantitative estimate of drug-likeness (QED) is 0.405. The minimum atomic E-state index is -3.81. The Balaban J connectivity index is 1.69. The molecule has 0 aromatic heterocycles. The van der Waals surface area contributed by atoms with Crippen molar-refractivity contribution in [1.82, 2.24) is 10.2 Å². The summed E-state index contributed by atoms with van der Waals surface area (Å²) >= 11 is 0. The lowest BCUT2D eigenvalue weighted by molar-refractivity contribution is -0.140. The normalized spacial score (nSPS) is 14.8. The molecule has 2 amide bonds. The van der Waals surface area contributed by atoms with Crippen molar-refractivity contribution in [2.24, 2.45) is 0 Å². The van der Waals surface area contributed by atoms with E-state index in [0.717, 1.165) is 58.1 Å². The molecule has 1 aliphatic carbocycles. The molecule has 1 N–H and O–H groups in total. The van der Waals surface area contributed by atoms with Crippen LogP contribution in [0.2, 0.25) is 0 Å². The number of anilines is 1. The Bertz CT molecular complexity index is 1390. The first kappa shape index (κ1) is 27.6. The van der Waals surface area contributed by atoms with E-state index in [1.54, 1.807) is 17.0 Å². The SMILES string of the molecule is CCC(C(=O)NC1CCCC1)N(Cc1ccccc1C)C(=O)CN(c1cccc2ccccc12)S(C)(=O)=O. The highest BCUT2D eigenvalue weighted by Gasteiger charge is 2.33. The predicted molar refractivity (Wildman–Crippen MR) is 152 cm³/mol. The fourth-order valence-electron chi connectivity index (χ4n) is 5.28. The molecule has 7 nitrogen and oxygen atoms in total. The highest BCUT2D eigenvalue weighted by Crippen LogP contribution is 2.29. The molecule has 1 saturated carbocycles. The third kappa shape index (κ3) is 6.35. The van der Waals surface area contributed by atoms with Gasteiger partial charge in [0.25, 0.3) is 0 Å². The molecule has 0 bridgehead atoms. The summed E-state index contributed by atoms with van der Waals surface area (Å²) in [7, 11) is -3.81. The number of hydrogen-bond donors (Lipinski definition) is 1. The molecule has 4 rings (SSSR count). The van der Waals surface area contributed by atoms with Crippen molar-refractivity contribution in [2.45, 2.75) is 64.6 Å². The van der Waals surface area contributed by atoms with Crippen LogP contribution in [0.15, 0.2) is 66.7 Å². The number of nitrogens with zero attached hydrogens (tertiary/aromatic N) is 2. The van der Waals surface area contributed by atoms with Gasteiger partial charge in [-0.25, -0.2) is 8.42 Å². The third-order valence-electron chi connectivity index (χ3n) is 7.40. The third-order valence-corrected chi connectivity index (χ3v) is 8.53. The van der Waals surface area contributed by atoms with Crippen LogP contribution < -0.4 is 9.62 Å². The van der Waals surface area contributed by atoms with E-state index in [2.05, 4.69) is 5.32 Å². The van der Waals surface area contributed by atoms with Crippen LogP contribution in [0.1, 0.15) is 50.2 Å². The van der Waals surface area contributed by atoms with Crippen molar-refractivity contribution >= 4 is 38.3 Å². The second-order valence-corrected chi connectivity index (χ2v) is 12.0. The maximum atomic E-state index is 14.0. The van der Waals surface area contributed by atoms with Crippen LogP contribution >= 0.6 is 0 Å². The standard InChI is InChI=1S/C30H37N3O4S/c1-4-27(30(35)31-25-16-8-9-17-25)32(20-24-14-6-5-12-22(24)2)29(34)21-33(38(3,36)37)28-19-11-15-23-13-7-10-18-26(23)28/h5-7,10-15,18-19,25,27H,4,8-9,16-17,20-21H2,1-3H3,(H,31,35). The van der Waals surface area contributed by atoms with Crippen molar-refractivity contribution < 1.29 is 18.0 Å². The zero-order chi connectivity index (χ0) is 27.3. The Kier molecular flexibility index (Phi) is 8.72. The van der Waals surface area contributed by atoms with E-state index in [-0.39, 0.29) is 18.5 Å². The van der Waals surface area contributed by atoms with Crippen molar-refractivity contribution in [2.75, 3.05) is 17.1 Å². The molecule has 1 atom stereocenters. The molecule has 0 heterocycles. The van der Waals surface area contributed by atoms with Crippen molar-refractivity contribution in [3.8, 4) is 0 Å². The summed E-state index contributed by atoms with van der Waals surface area (Å²) in [4.78, 5) is 29.0. The van der Waals surface area contributed by atoms with Gasteiger partial charge in [0, 0.05) is 18.0 Å². The Morgan fingerprint density at radius 3 is 2.32 bits per heavy atom. The van der Waals surface area contributed by atoms with Gasteiger partial charge in [0.2, 0.25) is 21.8 Å². The fraction of sp³-hybridized carbons (Fsp3) is 0.400. The maximum Gasteiger partial charge on any atom is 0.244 e. The van der Waals surface area contributed by atoms with E-state index in [1.165, 1.54) is 0 Å². The number of aryl methyl sites for hydroxylation is 1. The zero-order valence-corrected chi connectivity index (χ0v) is 23.2. The Morgan fingerprint density at radius 2 is 1.63 bits per heavy atom. The molecule has 38 heavy (non-hydrogen) atoms. The van der Waals surface area contributed by atoms with Crippen LogP contribution in [0.4, 0.5) is 5.69 Å². The van der Waals surface area contributed by atoms with Gasteiger partial charge in [-0.2, -0.15) is 0 Å². The lowest BCUT2D eigenvalue weighted by atomic mass is 10.1. The summed E-state index contributed by atoms with van der Waals surface area (Å²) in [5.74, 6) is -0.600. The number of rotatable bonds is 10. The van der Waals surface area contributed by atoms with Gasteiger partial charge in [0.1, 0.15) is 12.6 Å². The van der Waals surface area contributed by atoms with Crippen LogP contribution in [0.25, 0.3) is 10.8 Å². The number of fused-ring (bicyclic) bond motifs is 1. The molecule has 202 valence electrons. The first-order valence-corrected chi connectivity index (χ1v) is 15.1. The van der Waals surface area contributed by atoms with Gasteiger partial charge in [-0.05, 0) is 48.8 Å². The summed E-state index contributed by atoms with van der Waals surface area (Å²) in [5.41, 5.74) is 2.37. The van der Waals surface area contributed by atoms with E-state index < -0.39 is 28.5 Å². The van der Waals surface area contributed by atoms with E-state index in [1.807, 2.05) is 68.4 Å². The lowest BCUT2D eigenvalue weighted by Gasteiger charge is -2.34. The smallest absolute Gasteiger partial charge is 0.244 e. The maximum absolute atomic E-state index is 14.0. The Morgan fingerprint density at radius 1 is 0.974 bits per heavy atom. The Labute approximate surface area is 225 Å². The number of carbonyl (C=O) groups excluding carboxylic acids is 2.